The molecular formula is C25H31N3O4. The molecule has 0 atom stereocenters. The van der Waals surface area contributed by atoms with Crippen LogP contribution in [0.1, 0.15) is 40.3 Å². The van der Waals surface area contributed by atoms with Crippen molar-refractivity contribution in [1.29, 1.82) is 0 Å². The summed E-state index contributed by atoms with van der Waals surface area (Å²) in [5.41, 5.74) is 2.54. The molecule has 0 amide bonds. The predicted molar refractivity (Wildman–Crippen MR) is 124 cm³/mol. The molecule has 7 nitrogen and oxygen atoms in total. The van der Waals surface area contributed by atoms with Crippen molar-refractivity contribution in [3.8, 4) is 28.4 Å². The van der Waals surface area contributed by atoms with E-state index in [-0.39, 0.29) is 12.2 Å². The number of hydrogen-bond donors (Lipinski definition) is 2. The molecule has 170 valence electrons. The maximum atomic E-state index is 11.2. The maximum absolute atomic E-state index is 11.2. The van der Waals surface area contributed by atoms with E-state index in [2.05, 4.69) is 15.0 Å². The summed E-state index contributed by atoms with van der Waals surface area (Å²) >= 11 is 0. The van der Waals surface area contributed by atoms with Gasteiger partial charge < -0.3 is 19.6 Å². The molecule has 1 aromatic carbocycles. The maximum Gasteiger partial charge on any atom is 0.312 e. The fourth-order valence-corrected chi connectivity index (χ4v) is 2.85. The number of pyridine rings is 1. The molecule has 32 heavy (non-hydrogen) atoms. The number of rotatable bonds is 9. The standard InChI is InChI=1S/C25H31N3O4/c1-24(2,3)32-13-12-19-15-27-22(28-19)18-8-11-21(26-14-18)17-6-9-20(10-7-17)31-16-25(4,5)23(29)30/h6-11,14-15H,12-13,16H2,1-5H3,(H,27,28)(H,29,30). The van der Waals surface area contributed by atoms with Crippen molar-refractivity contribution in [2.45, 2.75) is 46.6 Å². The Bertz CT molecular complexity index is 1030. The van der Waals surface area contributed by atoms with Crippen molar-refractivity contribution in [2.75, 3.05) is 13.2 Å². The molecule has 0 radical (unpaired) electrons. The molecule has 7 heteroatoms. The Morgan fingerprint density at radius 2 is 1.72 bits per heavy atom. The van der Waals surface area contributed by atoms with E-state index in [4.69, 9.17) is 9.47 Å². The van der Waals surface area contributed by atoms with Gasteiger partial charge >= 0.3 is 5.97 Å². The van der Waals surface area contributed by atoms with Gasteiger partial charge in [-0.2, -0.15) is 0 Å². The molecule has 0 aliphatic carbocycles. The number of H-pyrrole nitrogens is 1. The molecule has 0 bridgehead atoms. The first-order valence-corrected chi connectivity index (χ1v) is 10.6. The average molecular weight is 438 g/mol. The molecule has 0 aliphatic heterocycles. The number of aliphatic carboxylic acids is 1. The molecule has 0 fully saturated rings. The van der Waals surface area contributed by atoms with Gasteiger partial charge in [-0.1, -0.05) is 0 Å². The van der Waals surface area contributed by atoms with Crippen molar-refractivity contribution in [3.63, 3.8) is 0 Å². The summed E-state index contributed by atoms with van der Waals surface area (Å²) in [7, 11) is 0. The third-order valence-electron chi connectivity index (χ3n) is 4.89. The largest absolute Gasteiger partial charge is 0.492 e. The molecule has 0 spiro atoms. The van der Waals surface area contributed by atoms with Crippen molar-refractivity contribution in [1.82, 2.24) is 15.0 Å². The number of ether oxygens (including phenoxy) is 2. The molecule has 2 heterocycles. The lowest BCUT2D eigenvalue weighted by Gasteiger charge is -2.19. The number of carboxylic acids is 1. The highest BCUT2D eigenvalue weighted by molar-refractivity contribution is 5.73. The van der Waals surface area contributed by atoms with Gasteiger partial charge in [0.05, 0.1) is 29.0 Å². The first-order valence-electron chi connectivity index (χ1n) is 10.6. The highest BCUT2D eigenvalue weighted by atomic mass is 16.5. The van der Waals surface area contributed by atoms with Gasteiger partial charge in [-0.05, 0) is 71.0 Å². The second kappa shape index (κ2) is 9.53. The van der Waals surface area contributed by atoms with Gasteiger partial charge in [0.25, 0.3) is 0 Å². The van der Waals surface area contributed by atoms with Crippen LogP contribution in [0, 0.1) is 5.41 Å². The highest BCUT2D eigenvalue weighted by Crippen LogP contribution is 2.25. The van der Waals surface area contributed by atoms with Crippen molar-refractivity contribution < 1.29 is 19.4 Å². The second-order valence-electron chi connectivity index (χ2n) is 9.39. The molecule has 2 N–H and O–H groups in total. The van der Waals surface area contributed by atoms with Gasteiger partial charge in [0.1, 0.15) is 18.2 Å². The topological polar surface area (TPSA) is 97.3 Å². The summed E-state index contributed by atoms with van der Waals surface area (Å²) in [6, 6.07) is 11.4. The van der Waals surface area contributed by atoms with Crippen molar-refractivity contribution in [2.24, 2.45) is 5.41 Å². The van der Waals surface area contributed by atoms with Gasteiger partial charge in [-0.25, -0.2) is 4.98 Å². The number of nitrogens with one attached hydrogen (secondary N) is 1. The Balaban J connectivity index is 1.60. The fourth-order valence-electron chi connectivity index (χ4n) is 2.85. The SMILES string of the molecule is CC(C)(C)OCCc1c[nH]c(-c2ccc(-c3ccc(OCC(C)(C)C(=O)O)cc3)nc2)n1. The van der Waals surface area contributed by atoms with Crippen LogP contribution in [0.25, 0.3) is 22.6 Å². The summed E-state index contributed by atoms with van der Waals surface area (Å²) < 4.78 is 11.4. The van der Waals surface area contributed by atoms with E-state index in [1.54, 1.807) is 20.0 Å². The third kappa shape index (κ3) is 6.40. The Labute approximate surface area is 188 Å². The van der Waals surface area contributed by atoms with E-state index in [0.717, 1.165) is 34.8 Å². The molecule has 2 aromatic heterocycles. The van der Waals surface area contributed by atoms with E-state index in [1.807, 2.05) is 63.4 Å². The van der Waals surface area contributed by atoms with Crippen LogP contribution in [-0.4, -0.2) is 44.8 Å². The third-order valence-corrected chi connectivity index (χ3v) is 4.89. The normalized spacial score (nSPS) is 12.0. The minimum absolute atomic E-state index is 0.0993. The Kier molecular flexibility index (Phi) is 6.99. The van der Waals surface area contributed by atoms with Gasteiger partial charge in [-0.3, -0.25) is 9.78 Å². The summed E-state index contributed by atoms with van der Waals surface area (Å²) in [6.07, 6.45) is 4.44. The van der Waals surface area contributed by atoms with Crippen LogP contribution in [0.4, 0.5) is 0 Å². The summed E-state index contributed by atoms with van der Waals surface area (Å²) in [6.45, 7) is 10.1. The lowest BCUT2D eigenvalue weighted by atomic mass is 9.95. The van der Waals surface area contributed by atoms with Crippen LogP contribution in [0.3, 0.4) is 0 Å². The van der Waals surface area contributed by atoms with Gasteiger partial charge in [-0.15, -0.1) is 0 Å². The quantitative estimate of drug-likeness (QED) is 0.490. The molecule has 0 saturated carbocycles. The predicted octanol–water partition coefficient (Wildman–Crippen LogP) is 4.99. The van der Waals surface area contributed by atoms with Crippen LogP contribution in [0.5, 0.6) is 5.75 Å². The second-order valence-corrected chi connectivity index (χ2v) is 9.39. The number of imidazole rings is 1. The van der Waals surface area contributed by atoms with E-state index >= 15 is 0 Å². The number of nitrogens with zero attached hydrogens (tertiary/aromatic N) is 2. The molecular weight excluding hydrogens is 406 g/mol. The summed E-state index contributed by atoms with van der Waals surface area (Å²) in [5.74, 6) is 0.512. The minimum Gasteiger partial charge on any atom is -0.492 e. The van der Waals surface area contributed by atoms with Gasteiger partial charge in [0, 0.05) is 29.9 Å². The van der Waals surface area contributed by atoms with E-state index in [0.29, 0.717) is 12.4 Å². The highest BCUT2D eigenvalue weighted by Gasteiger charge is 2.28. The smallest absolute Gasteiger partial charge is 0.312 e. The fraction of sp³-hybridized carbons (Fsp3) is 0.400. The molecule has 0 unspecified atom stereocenters. The lowest BCUT2D eigenvalue weighted by Crippen LogP contribution is -2.30. The Morgan fingerprint density at radius 3 is 2.31 bits per heavy atom. The minimum atomic E-state index is -0.943. The van der Waals surface area contributed by atoms with E-state index in [1.165, 1.54) is 0 Å². The van der Waals surface area contributed by atoms with Crippen LogP contribution >= 0.6 is 0 Å². The number of carboxylic acid groups (broad SMARTS) is 1. The number of hydrogen-bond acceptors (Lipinski definition) is 5. The van der Waals surface area contributed by atoms with E-state index in [9.17, 15) is 9.90 Å². The summed E-state index contributed by atoms with van der Waals surface area (Å²) in [5, 5.41) is 9.18. The van der Waals surface area contributed by atoms with Crippen LogP contribution in [0.15, 0.2) is 48.8 Å². The number of carbonyl (C=O) groups is 1. The van der Waals surface area contributed by atoms with Crippen molar-refractivity contribution in [3.05, 3.63) is 54.5 Å². The molecule has 3 rings (SSSR count). The van der Waals surface area contributed by atoms with E-state index < -0.39 is 11.4 Å². The average Bonchev–Trinajstić information content (AvgIpc) is 3.21. The zero-order valence-corrected chi connectivity index (χ0v) is 19.3. The Hall–Kier alpha value is -3.19. The first kappa shape index (κ1) is 23.5. The van der Waals surface area contributed by atoms with Crippen LogP contribution in [-0.2, 0) is 16.0 Å². The molecule has 0 aliphatic rings. The first-order chi connectivity index (χ1) is 15.0. The zero-order chi connectivity index (χ0) is 23.4. The molecule has 0 saturated heterocycles. The number of benzene rings is 1. The van der Waals surface area contributed by atoms with Crippen molar-refractivity contribution >= 4 is 5.97 Å². The van der Waals surface area contributed by atoms with Crippen LogP contribution in [0.2, 0.25) is 0 Å². The monoisotopic (exact) mass is 437 g/mol. The Morgan fingerprint density at radius 1 is 1.03 bits per heavy atom. The number of aromatic amines is 1. The number of aromatic nitrogens is 3. The summed E-state index contributed by atoms with van der Waals surface area (Å²) in [4.78, 5) is 23.6. The molecule has 3 aromatic rings. The lowest BCUT2D eigenvalue weighted by molar-refractivity contribution is -0.148. The van der Waals surface area contributed by atoms with Crippen LogP contribution < -0.4 is 4.74 Å². The van der Waals surface area contributed by atoms with Gasteiger partial charge in [0.15, 0.2) is 0 Å². The zero-order valence-electron chi connectivity index (χ0n) is 19.3. The van der Waals surface area contributed by atoms with Gasteiger partial charge in [0.2, 0.25) is 0 Å².